The zero-order valence-corrected chi connectivity index (χ0v) is 12.1. The Hall–Kier alpha value is -2.21. The molecule has 2 N–H and O–H groups in total. The molecule has 0 atom stereocenters. The van der Waals surface area contributed by atoms with Crippen LogP contribution in [0.1, 0.15) is 6.92 Å². The van der Waals surface area contributed by atoms with Crippen molar-refractivity contribution >= 4 is 28.7 Å². The number of para-hydroxylation sites is 2. The smallest absolute Gasteiger partial charge is 0.175 e. The average Bonchev–Trinajstić information content (AvgIpc) is 2.40. The first kappa shape index (κ1) is 15.2. The Morgan fingerprint density at radius 3 is 2.43 bits per heavy atom. The maximum atomic E-state index is 13.1. The quantitative estimate of drug-likeness (QED) is 0.831. The van der Waals surface area contributed by atoms with Gasteiger partial charge in [-0.15, -0.1) is 0 Å². The van der Waals surface area contributed by atoms with Gasteiger partial charge in [0.2, 0.25) is 0 Å². The minimum absolute atomic E-state index is 0.215. The molecule has 0 heterocycles. The molecule has 0 aliphatic rings. The third-order valence-electron chi connectivity index (χ3n) is 2.56. The summed E-state index contributed by atoms with van der Waals surface area (Å²) in [5.41, 5.74) is 0.910. The molecule has 6 heteroatoms. The summed E-state index contributed by atoms with van der Waals surface area (Å²) in [6.07, 6.45) is 0. The summed E-state index contributed by atoms with van der Waals surface area (Å²) in [4.78, 5) is 0. The van der Waals surface area contributed by atoms with Crippen LogP contribution in [-0.2, 0) is 0 Å². The van der Waals surface area contributed by atoms with Crippen LogP contribution in [0.5, 0.6) is 5.75 Å². The maximum absolute atomic E-state index is 13.1. The molecule has 0 amide bonds. The first-order chi connectivity index (χ1) is 10.1. The largest absolute Gasteiger partial charge is 0.492 e. The van der Waals surface area contributed by atoms with E-state index in [0.29, 0.717) is 18.0 Å². The molecule has 2 aromatic rings. The van der Waals surface area contributed by atoms with Crippen LogP contribution >= 0.6 is 12.2 Å². The van der Waals surface area contributed by atoms with Gasteiger partial charge in [-0.25, -0.2) is 8.78 Å². The van der Waals surface area contributed by atoms with E-state index in [4.69, 9.17) is 17.0 Å². The fourth-order valence-electron chi connectivity index (χ4n) is 1.76. The van der Waals surface area contributed by atoms with Gasteiger partial charge in [0.05, 0.1) is 12.3 Å². The highest BCUT2D eigenvalue weighted by molar-refractivity contribution is 7.80. The van der Waals surface area contributed by atoms with Crippen molar-refractivity contribution < 1.29 is 13.5 Å². The topological polar surface area (TPSA) is 33.3 Å². The van der Waals surface area contributed by atoms with Crippen LogP contribution in [0, 0.1) is 11.6 Å². The lowest BCUT2D eigenvalue weighted by Crippen LogP contribution is -2.19. The van der Waals surface area contributed by atoms with Gasteiger partial charge in [0, 0.05) is 11.8 Å². The van der Waals surface area contributed by atoms with Crippen molar-refractivity contribution in [2.75, 3.05) is 17.2 Å². The Balaban J connectivity index is 2.08. The Morgan fingerprint density at radius 2 is 1.76 bits per heavy atom. The van der Waals surface area contributed by atoms with Crippen molar-refractivity contribution in [2.24, 2.45) is 0 Å². The summed E-state index contributed by atoms with van der Waals surface area (Å²) >= 11 is 5.13. The van der Waals surface area contributed by atoms with Crippen LogP contribution < -0.4 is 15.4 Å². The van der Waals surface area contributed by atoms with E-state index < -0.39 is 11.6 Å². The maximum Gasteiger partial charge on any atom is 0.175 e. The van der Waals surface area contributed by atoms with Crippen LogP contribution in [0.25, 0.3) is 0 Å². The van der Waals surface area contributed by atoms with Crippen LogP contribution in [0.15, 0.2) is 42.5 Å². The van der Waals surface area contributed by atoms with E-state index in [1.54, 1.807) is 12.1 Å². The second kappa shape index (κ2) is 6.99. The molecule has 0 aliphatic carbocycles. The molecule has 110 valence electrons. The van der Waals surface area contributed by atoms with Crippen LogP contribution in [0.4, 0.5) is 20.2 Å². The van der Waals surface area contributed by atoms with Crippen molar-refractivity contribution in [3.63, 3.8) is 0 Å². The van der Waals surface area contributed by atoms with Gasteiger partial charge in [-0.2, -0.15) is 0 Å². The van der Waals surface area contributed by atoms with Crippen molar-refractivity contribution in [3.05, 3.63) is 54.1 Å². The molecule has 3 nitrogen and oxygen atoms in total. The van der Waals surface area contributed by atoms with E-state index in [1.807, 2.05) is 19.1 Å². The third-order valence-corrected chi connectivity index (χ3v) is 2.76. The van der Waals surface area contributed by atoms with Crippen LogP contribution in [0.2, 0.25) is 0 Å². The van der Waals surface area contributed by atoms with E-state index >= 15 is 0 Å². The van der Waals surface area contributed by atoms with Crippen molar-refractivity contribution in [1.29, 1.82) is 0 Å². The van der Waals surface area contributed by atoms with Crippen LogP contribution in [-0.4, -0.2) is 11.7 Å². The third kappa shape index (κ3) is 4.39. The first-order valence-electron chi connectivity index (χ1n) is 6.34. The molecular formula is C15H14F2N2OS. The molecule has 0 fully saturated rings. The predicted octanol–water partition coefficient (Wildman–Crippen LogP) is 4.17. The van der Waals surface area contributed by atoms with Gasteiger partial charge < -0.3 is 15.4 Å². The number of ether oxygens (including phenoxy) is 1. The Bertz CT molecular complexity index is 629. The highest BCUT2D eigenvalue weighted by Gasteiger charge is 2.06. The zero-order chi connectivity index (χ0) is 15.2. The molecule has 0 aromatic heterocycles. The van der Waals surface area contributed by atoms with E-state index in [9.17, 15) is 8.78 Å². The molecule has 21 heavy (non-hydrogen) atoms. The SMILES string of the molecule is CCOc1ccccc1NC(=S)Nc1cc(F)cc(F)c1. The van der Waals surface area contributed by atoms with Gasteiger partial charge in [0.15, 0.2) is 5.11 Å². The summed E-state index contributed by atoms with van der Waals surface area (Å²) in [6, 6.07) is 10.4. The Labute approximate surface area is 126 Å². The standard InChI is InChI=1S/C15H14F2N2OS/c1-2-20-14-6-4-3-5-13(14)19-15(21)18-12-8-10(16)7-11(17)9-12/h3-9H,2H2,1H3,(H2,18,19,21). The van der Waals surface area contributed by atoms with Gasteiger partial charge in [0.1, 0.15) is 17.4 Å². The number of hydrogen-bond donors (Lipinski definition) is 2. The minimum Gasteiger partial charge on any atom is -0.492 e. The summed E-state index contributed by atoms with van der Waals surface area (Å²) in [5.74, 6) is -0.695. The highest BCUT2D eigenvalue weighted by atomic mass is 32.1. The Kier molecular flexibility index (Phi) is 5.05. The van der Waals surface area contributed by atoms with Crippen LogP contribution in [0.3, 0.4) is 0 Å². The molecule has 0 aliphatic heterocycles. The fourth-order valence-corrected chi connectivity index (χ4v) is 1.99. The monoisotopic (exact) mass is 308 g/mol. The number of rotatable bonds is 4. The number of hydrogen-bond acceptors (Lipinski definition) is 2. The molecule has 0 unspecified atom stereocenters. The molecule has 0 saturated heterocycles. The number of nitrogens with one attached hydrogen (secondary N) is 2. The van der Waals surface area contributed by atoms with Crippen molar-refractivity contribution in [1.82, 2.24) is 0 Å². The zero-order valence-electron chi connectivity index (χ0n) is 11.3. The lowest BCUT2D eigenvalue weighted by molar-refractivity contribution is 0.342. The molecule has 2 rings (SSSR count). The van der Waals surface area contributed by atoms with E-state index in [1.165, 1.54) is 0 Å². The number of halogens is 2. The Morgan fingerprint density at radius 1 is 1.10 bits per heavy atom. The number of thiocarbonyl (C=S) groups is 1. The summed E-state index contributed by atoms with van der Waals surface area (Å²) in [7, 11) is 0. The predicted molar refractivity (Wildman–Crippen MR) is 83.8 cm³/mol. The van der Waals surface area contributed by atoms with Gasteiger partial charge in [-0.1, -0.05) is 12.1 Å². The van der Waals surface area contributed by atoms with Gasteiger partial charge in [0.25, 0.3) is 0 Å². The summed E-state index contributed by atoms with van der Waals surface area (Å²) in [5, 5.41) is 5.87. The highest BCUT2D eigenvalue weighted by Crippen LogP contribution is 2.24. The molecule has 0 radical (unpaired) electrons. The molecule has 0 bridgehead atoms. The van der Waals surface area contributed by atoms with Crippen molar-refractivity contribution in [2.45, 2.75) is 6.92 Å². The molecule has 0 spiro atoms. The molecule has 0 saturated carbocycles. The lowest BCUT2D eigenvalue weighted by Gasteiger charge is -2.14. The van der Waals surface area contributed by atoms with E-state index in [-0.39, 0.29) is 10.8 Å². The number of benzene rings is 2. The average molecular weight is 308 g/mol. The van der Waals surface area contributed by atoms with Crippen molar-refractivity contribution in [3.8, 4) is 5.75 Å². The first-order valence-corrected chi connectivity index (χ1v) is 6.75. The second-order valence-corrected chi connectivity index (χ2v) is 4.57. The summed E-state index contributed by atoms with van der Waals surface area (Å²) < 4.78 is 31.7. The summed E-state index contributed by atoms with van der Waals surface area (Å²) in [6.45, 7) is 2.40. The molecular weight excluding hydrogens is 294 g/mol. The molecule has 2 aromatic carbocycles. The van der Waals surface area contributed by atoms with Gasteiger partial charge >= 0.3 is 0 Å². The fraction of sp³-hybridized carbons (Fsp3) is 0.133. The normalized spacial score (nSPS) is 10.0. The van der Waals surface area contributed by atoms with Gasteiger partial charge in [-0.05, 0) is 43.4 Å². The van der Waals surface area contributed by atoms with Gasteiger partial charge in [-0.3, -0.25) is 0 Å². The second-order valence-electron chi connectivity index (χ2n) is 4.17. The van der Waals surface area contributed by atoms with E-state index in [2.05, 4.69) is 10.6 Å². The minimum atomic E-state index is -0.671. The lowest BCUT2D eigenvalue weighted by atomic mass is 10.3. The number of anilines is 2. The van der Waals surface area contributed by atoms with E-state index in [0.717, 1.165) is 18.2 Å².